The number of nitrogens with zero attached hydrogens (tertiary/aromatic N) is 3. The van der Waals surface area contributed by atoms with E-state index in [4.69, 9.17) is 25.8 Å². The summed E-state index contributed by atoms with van der Waals surface area (Å²) in [5.74, 6) is 1.48. The highest BCUT2D eigenvalue weighted by Crippen LogP contribution is 2.37. The van der Waals surface area contributed by atoms with E-state index in [1.54, 1.807) is 6.92 Å². The van der Waals surface area contributed by atoms with Gasteiger partial charge in [0.25, 0.3) is 0 Å². The maximum atomic E-state index is 12.0. The average Bonchev–Trinajstić information content (AvgIpc) is 3.07. The monoisotopic (exact) mass is 355 g/mol. The van der Waals surface area contributed by atoms with Crippen LogP contribution < -0.4 is 0 Å². The molecule has 7 heteroatoms. The summed E-state index contributed by atoms with van der Waals surface area (Å²) in [5.41, 5.74) is -0.250. The molecule has 0 aliphatic carbocycles. The summed E-state index contributed by atoms with van der Waals surface area (Å²) in [6, 6.07) is 0. The number of rotatable bonds is 3. The van der Waals surface area contributed by atoms with Gasteiger partial charge in [0.15, 0.2) is 5.82 Å². The van der Waals surface area contributed by atoms with Gasteiger partial charge in [-0.05, 0) is 32.6 Å². The van der Waals surface area contributed by atoms with Gasteiger partial charge in [-0.1, -0.05) is 19.0 Å². The first-order valence-corrected chi connectivity index (χ1v) is 9.13. The molecule has 24 heavy (non-hydrogen) atoms. The smallest absolute Gasteiger partial charge is 0.240 e. The van der Waals surface area contributed by atoms with Gasteiger partial charge in [0.2, 0.25) is 11.8 Å². The number of halogens is 1. The molecule has 134 valence electrons. The number of carbonyl (C=O) groups is 1. The molecule has 2 fully saturated rings. The Morgan fingerprint density at radius 2 is 1.79 bits per heavy atom. The molecule has 1 amide bonds. The lowest BCUT2D eigenvalue weighted by Crippen LogP contribution is -2.46. The molecule has 2 aliphatic rings. The molecule has 1 unspecified atom stereocenters. The lowest BCUT2D eigenvalue weighted by molar-refractivity contribution is -0.132. The van der Waals surface area contributed by atoms with Gasteiger partial charge in [-0.2, -0.15) is 4.98 Å². The first-order chi connectivity index (χ1) is 11.3. The van der Waals surface area contributed by atoms with Crippen molar-refractivity contribution >= 4 is 17.5 Å². The molecule has 0 aromatic carbocycles. The Morgan fingerprint density at radius 1 is 1.17 bits per heavy atom. The quantitative estimate of drug-likeness (QED) is 0.780. The van der Waals surface area contributed by atoms with E-state index in [1.165, 1.54) is 0 Å². The van der Waals surface area contributed by atoms with Crippen molar-refractivity contribution in [3.8, 4) is 0 Å². The van der Waals surface area contributed by atoms with Crippen molar-refractivity contribution in [1.29, 1.82) is 0 Å². The van der Waals surface area contributed by atoms with Crippen LogP contribution in [0.25, 0.3) is 0 Å². The van der Waals surface area contributed by atoms with Crippen LogP contribution in [0.15, 0.2) is 4.52 Å². The van der Waals surface area contributed by atoms with Crippen LogP contribution in [-0.4, -0.2) is 52.6 Å². The minimum atomic E-state index is -0.473. The van der Waals surface area contributed by atoms with Crippen molar-refractivity contribution in [1.82, 2.24) is 15.0 Å². The highest BCUT2D eigenvalue weighted by molar-refractivity contribution is 6.30. The van der Waals surface area contributed by atoms with Crippen molar-refractivity contribution < 1.29 is 14.1 Å². The fourth-order valence-corrected chi connectivity index (χ4v) is 3.58. The fourth-order valence-electron chi connectivity index (χ4n) is 3.45. The molecule has 0 spiro atoms. The van der Waals surface area contributed by atoms with Crippen LogP contribution in [0.1, 0.15) is 58.2 Å². The molecular weight excluding hydrogens is 330 g/mol. The standard InChI is InChI=1S/C17H26ClN3O3/c1-12(18)13(22)21-8-4-16(2,5-9-21)14-19-15(24-20-14)17(3)6-10-23-11-7-17/h12H,4-11H2,1-3H3. The van der Waals surface area contributed by atoms with Crippen molar-refractivity contribution in [2.75, 3.05) is 26.3 Å². The van der Waals surface area contributed by atoms with E-state index >= 15 is 0 Å². The van der Waals surface area contributed by atoms with Crippen LogP contribution >= 0.6 is 11.6 Å². The van der Waals surface area contributed by atoms with Gasteiger partial charge in [-0.25, -0.2) is 0 Å². The molecule has 1 atom stereocenters. The van der Waals surface area contributed by atoms with E-state index in [9.17, 15) is 4.79 Å². The Labute approximate surface area is 147 Å². The van der Waals surface area contributed by atoms with Gasteiger partial charge in [-0.15, -0.1) is 11.6 Å². The van der Waals surface area contributed by atoms with E-state index in [2.05, 4.69) is 19.0 Å². The summed E-state index contributed by atoms with van der Waals surface area (Å²) < 4.78 is 11.1. The van der Waals surface area contributed by atoms with Gasteiger partial charge < -0.3 is 14.2 Å². The van der Waals surface area contributed by atoms with E-state index in [-0.39, 0.29) is 16.7 Å². The zero-order valence-electron chi connectivity index (χ0n) is 14.7. The number of likely N-dealkylation sites (tertiary alicyclic amines) is 1. The Balaban J connectivity index is 1.70. The predicted octanol–water partition coefficient (Wildman–Crippen LogP) is 2.65. The van der Waals surface area contributed by atoms with Crippen molar-refractivity contribution in [3.63, 3.8) is 0 Å². The largest absolute Gasteiger partial charge is 0.381 e. The van der Waals surface area contributed by atoms with Crippen LogP contribution in [0, 0.1) is 0 Å². The third kappa shape index (κ3) is 3.31. The van der Waals surface area contributed by atoms with Crippen molar-refractivity contribution in [2.45, 2.75) is 62.7 Å². The zero-order chi connectivity index (χ0) is 17.4. The normalized spacial score (nSPS) is 24.6. The first kappa shape index (κ1) is 17.7. The molecule has 0 saturated carbocycles. The second-order valence-corrected chi connectivity index (χ2v) is 8.25. The molecule has 6 nitrogen and oxygen atoms in total. The molecule has 0 N–H and O–H groups in total. The Morgan fingerprint density at radius 3 is 2.38 bits per heavy atom. The third-order valence-corrected chi connectivity index (χ3v) is 5.78. The molecule has 2 saturated heterocycles. The fraction of sp³-hybridized carbons (Fsp3) is 0.824. The van der Waals surface area contributed by atoms with E-state index in [0.717, 1.165) is 50.6 Å². The zero-order valence-corrected chi connectivity index (χ0v) is 15.4. The topological polar surface area (TPSA) is 68.5 Å². The maximum absolute atomic E-state index is 12.0. The predicted molar refractivity (Wildman–Crippen MR) is 90.2 cm³/mol. The summed E-state index contributed by atoms with van der Waals surface area (Å²) in [5, 5.41) is 3.81. The SMILES string of the molecule is CC(Cl)C(=O)N1CCC(C)(c2noc(C3(C)CCOCC3)n2)CC1. The van der Waals surface area contributed by atoms with Crippen LogP contribution in [0.3, 0.4) is 0 Å². The highest BCUT2D eigenvalue weighted by atomic mass is 35.5. The number of aromatic nitrogens is 2. The van der Waals surface area contributed by atoms with Crippen LogP contribution in [-0.2, 0) is 20.4 Å². The third-order valence-electron chi connectivity index (χ3n) is 5.60. The van der Waals surface area contributed by atoms with Gasteiger partial charge in [0.05, 0.1) is 5.41 Å². The van der Waals surface area contributed by atoms with E-state index in [1.807, 2.05) is 4.90 Å². The Hall–Kier alpha value is -1.14. The van der Waals surface area contributed by atoms with Gasteiger partial charge in [0.1, 0.15) is 5.38 Å². The maximum Gasteiger partial charge on any atom is 0.240 e. The molecule has 2 aliphatic heterocycles. The molecule has 0 bridgehead atoms. The van der Waals surface area contributed by atoms with Gasteiger partial charge in [-0.3, -0.25) is 4.79 Å². The number of piperidine rings is 1. The van der Waals surface area contributed by atoms with Crippen molar-refractivity contribution in [2.24, 2.45) is 0 Å². The van der Waals surface area contributed by atoms with Gasteiger partial charge in [0, 0.05) is 31.7 Å². The molecular formula is C17H26ClN3O3. The lowest BCUT2D eigenvalue weighted by Gasteiger charge is -2.37. The van der Waals surface area contributed by atoms with Crippen LogP contribution in [0.4, 0.5) is 0 Å². The second kappa shape index (κ2) is 6.64. The second-order valence-electron chi connectivity index (χ2n) is 7.60. The summed E-state index contributed by atoms with van der Waals surface area (Å²) >= 11 is 5.91. The highest BCUT2D eigenvalue weighted by Gasteiger charge is 2.40. The summed E-state index contributed by atoms with van der Waals surface area (Å²) in [6.45, 7) is 8.87. The van der Waals surface area contributed by atoms with Crippen LogP contribution in [0.2, 0.25) is 0 Å². The number of hydrogen-bond acceptors (Lipinski definition) is 5. The minimum Gasteiger partial charge on any atom is -0.381 e. The number of hydrogen-bond donors (Lipinski definition) is 0. The Bertz CT molecular complexity index is 588. The van der Waals surface area contributed by atoms with E-state index < -0.39 is 5.38 Å². The lowest BCUT2D eigenvalue weighted by atomic mass is 9.79. The van der Waals surface area contributed by atoms with Crippen molar-refractivity contribution in [3.05, 3.63) is 11.7 Å². The number of alkyl halides is 1. The first-order valence-electron chi connectivity index (χ1n) is 8.69. The van der Waals surface area contributed by atoms with Gasteiger partial charge >= 0.3 is 0 Å². The molecule has 3 rings (SSSR count). The molecule has 1 aromatic heterocycles. The summed E-state index contributed by atoms with van der Waals surface area (Å²) in [7, 11) is 0. The average molecular weight is 356 g/mol. The summed E-state index contributed by atoms with van der Waals surface area (Å²) in [6.07, 6.45) is 3.45. The molecule has 1 aromatic rings. The van der Waals surface area contributed by atoms with E-state index in [0.29, 0.717) is 13.1 Å². The minimum absolute atomic E-state index is 0.00207. The Kier molecular flexibility index (Phi) is 4.89. The number of amides is 1. The van der Waals surface area contributed by atoms with Crippen LogP contribution in [0.5, 0.6) is 0 Å². The summed E-state index contributed by atoms with van der Waals surface area (Å²) in [4.78, 5) is 18.6. The molecule has 0 radical (unpaired) electrons. The number of ether oxygens (including phenoxy) is 1. The number of carbonyl (C=O) groups excluding carboxylic acids is 1. The molecule has 3 heterocycles.